The highest BCUT2D eigenvalue weighted by Crippen LogP contribution is 2.22. The predicted octanol–water partition coefficient (Wildman–Crippen LogP) is 1.21. The molecule has 0 aliphatic rings. The first-order chi connectivity index (χ1) is 10.5. The lowest BCUT2D eigenvalue weighted by molar-refractivity contribution is -0.138. The summed E-state index contributed by atoms with van der Waals surface area (Å²) in [7, 11) is -2.26. The number of nitrogens with one attached hydrogen (secondary N) is 2. The van der Waals surface area contributed by atoms with Gasteiger partial charge in [-0.05, 0) is 44.2 Å². The lowest BCUT2D eigenvalue weighted by Crippen LogP contribution is -2.51. The third-order valence-corrected chi connectivity index (χ3v) is 5.32. The van der Waals surface area contributed by atoms with Gasteiger partial charge >= 0.3 is 5.97 Å². The maximum atomic E-state index is 12.3. The molecular formula is C15H22N2O5S. The van der Waals surface area contributed by atoms with Gasteiger partial charge in [-0.15, -0.1) is 0 Å². The largest absolute Gasteiger partial charge is 0.481 e. The van der Waals surface area contributed by atoms with Gasteiger partial charge in [0.15, 0.2) is 0 Å². The van der Waals surface area contributed by atoms with Crippen LogP contribution in [0.15, 0.2) is 29.2 Å². The molecule has 128 valence electrons. The lowest BCUT2D eigenvalue weighted by atomic mass is 9.85. The Labute approximate surface area is 136 Å². The number of aliphatic carboxylic acids is 1. The zero-order chi connectivity index (χ0) is 17.8. The fourth-order valence-corrected chi connectivity index (χ4v) is 2.67. The monoisotopic (exact) mass is 342 g/mol. The topological polar surface area (TPSA) is 113 Å². The SMILES string of the molecule is CNS(=O)(=O)c1ccc(C(=O)NC(C)(CC(=O)O)C(C)C)cc1. The molecule has 0 bridgehead atoms. The van der Waals surface area contributed by atoms with Gasteiger partial charge in [0.05, 0.1) is 16.9 Å². The van der Waals surface area contributed by atoms with Gasteiger partial charge in [-0.3, -0.25) is 9.59 Å². The van der Waals surface area contributed by atoms with E-state index in [0.717, 1.165) is 0 Å². The van der Waals surface area contributed by atoms with Crippen LogP contribution in [-0.2, 0) is 14.8 Å². The maximum Gasteiger partial charge on any atom is 0.305 e. The zero-order valence-electron chi connectivity index (χ0n) is 13.6. The van der Waals surface area contributed by atoms with Gasteiger partial charge in [-0.1, -0.05) is 13.8 Å². The van der Waals surface area contributed by atoms with Crippen molar-refractivity contribution < 1.29 is 23.1 Å². The van der Waals surface area contributed by atoms with Crippen molar-refractivity contribution in [3.8, 4) is 0 Å². The second-order valence-corrected chi connectivity index (χ2v) is 7.72. The first kappa shape index (κ1) is 19.1. The van der Waals surface area contributed by atoms with Gasteiger partial charge in [0.2, 0.25) is 10.0 Å². The highest BCUT2D eigenvalue weighted by Gasteiger charge is 2.33. The summed E-state index contributed by atoms with van der Waals surface area (Å²) in [5.41, 5.74) is -0.643. The molecule has 23 heavy (non-hydrogen) atoms. The lowest BCUT2D eigenvalue weighted by Gasteiger charge is -2.33. The van der Waals surface area contributed by atoms with Crippen molar-refractivity contribution in [3.05, 3.63) is 29.8 Å². The number of hydrogen-bond acceptors (Lipinski definition) is 4. The summed E-state index contributed by atoms with van der Waals surface area (Å²) in [6.45, 7) is 5.32. The third kappa shape index (κ3) is 4.77. The third-order valence-electron chi connectivity index (χ3n) is 3.89. The van der Waals surface area contributed by atoms with E-state index in [0.29, 0.717) is 0 Å². The summed E-state index contributed by atoms with van der Waals surface area (Å²) in [5.74, 6) is -1.54. The molecule has 1 rings (SSSR count). The Morgan fingerprint density at radius 3 is 2.13 bits per heavy atom. The number of amides is 1. The van der Waals surface area contributed by atoms with Crippen LogP contribution in [0.5, 0.6) is 0 Å². The molecule has 1 aromatic rings. The summed E-state index contributed by atoms with van der Waals surface area (Å²) >= 11 is 0. The molecule has 3 N–H and O–H groups in total. The molecule has 0 aromatic heterocycles. The van der Waals surface area contributed by atoms with Crippen LogP contribution in [0.3, 0.4) is 0 Å². The molecule has 1 atom stereocenters. The molecule has 0 aliphatic heterocycles. The summed E-state index contributed by atoms with van der Waals surface area (Å²) in [4.78, 5) is 23.4. The second-order valence-electron chi connectivity index (χ2n) is 5.83. The zero-order valence-corrected chi connectivity index (χ0v) is 14.4. The number of hydrogen-bond donors (Lipinski definition) is 3. The van der Waals surface area contributed by atoms with Crippen LogP contribution >= 0.6 is 0 Å². The molecule has 1 amide bonds. The van der Waals surface area contributed by atoms with E-state index in [1.807, 2.05) is 13.8 Å². The minimum Gasteiger partial charge on any atom is -0.481 e. The van der Waals surface area contributed by atoms with Crippen LogP contribution in [0.1, 0.15) is 37.6 Å². The average molecular weight is 342 g/mol. The van der Waals surface area contributed by atoms with E-state index in [1.54, 1.807) is 6.92 Å². The number of carbonyl (C=O) groups excluding carboxylic acids is 1. The Bertz CT molecular complexity index is 682. The van der Waals surface area contributed by atoms with Crippen LogP contribution in [0, 0.1) is 5.92 Å². The van der Waals surface area contributed by atoms with Crippen LogP contribution in [0.2, 0.25) is 0 Å². The van der Waals surface area contributed by atoms with Crippen LogP contribution in [0.25, 0.3) is 0 Å². The molecule has 0 saturated heterocycles. The van der Waals surface area contributed by atoms with Crippen molar-refractivity contribution >= 4 is 21.9 Å². The van der Waals surface area contributed by atoms with Crippen molar-refractivity contribution in [1.29, 1.82) is 0 Å². The van der Waals surface area contributed by atoms with E-state index >= 15 is 0 Å². The van der Waals surface area contributed by atoms with Gasteiger partial charge < -0.3 is 10.4 Å². The Kier molecular flexibility index (Phi) is 5.90. The van der Waals surface area contributed by atoms with Gasteiger partial charge in [0.25, 0.3) is 5.91 Å². The second kappa shape index (κ2) is 7.10. The molecule has 7 nitrogen and oxygen atoms in total. The van der Waals surface area contributed by atoms with Crippen LogP contribution in [0.4, 0.5) is 0 Å². The van der Waals surface area contributed by atoms with Crippen LogP contribution < -0.4 is 10.0 Å². The van der Waals surface area contributed by atoms with E-state index in [-0.39, 0.29) is 22.8 Å². The van der Waals surface area contributed by atoms with Crippen molar-refractivity contribution in [2.24, 2.45) is 5.92 Å². The molecule has 1 unspecified atom stereocenters. The highest BCUT2D eigenvalue weighted by molar-refractivity contribution is 7.89. The summed E-state index contributed by atoms with van der Waals surface area (Å²) in [6.07, 6.45) is -0.206. The van der Waals surface area contributed by atoms with Crippen molar-refractivity contribution in [2.75, 3.05) is 7.05 Å². The van der Waals surface area contributed by atoms with E-state index in [2.05, 4.69) is 10.0 Å². The molecule has 0 saturated carbocycles. The Morgan fingerprint density at radius 1 is 1.22 bits per heavy atom. The first-order valence-electron chi connectivity index (χ1n) is 7.10. The molecule has 1 aromatic carbocycles. The number of carbonyl (C=O) groups is 2. The smallest absolute Gasteiger partial charge is 0.305 e. The molecule has 0 spiro atoms. The fraction of sp³-hybridized carbons (Fsp3) is 0.467. The van der Waals surface area contributed by atoms with Gasteiger partial charge in [0.1, 0.15) is 0 Å². The normalized spacial score (nSPS) is 14.3. The summed E-state index contributed by atoms with van der Waals surface area (Å²) < 4.78 is 25.5. The number of carboxylic acid groups (broad SMARTS) is 1. The molecular weight excluding hydrogens is 320 g/mol. The number of sulfonamides is 1. The average Bonchev–Trinajstić information content (AvgIpc) is 2.46. The predicted molar refractivity (Wildman–Crippen MR) is 85.6 cm³/mol. The fourth-order valence-electron chi connectivity index (χ4n) is 1.94. The number of carboxylic acids is 1. The van der Waals surface area contributed by atoms with Crippen LogP contribution in [-0.4, -0.2) is 38.0 Å². The van der Waals surface area contributed by atoms with Crippen molar-refractivity contribution in [3.63, 3.8) is 0 Å². The Morgan fingerprint density at radius 2 is 1.74 bits per heavy atom. The molecule has 0 aliphatic carbocycles. The molecule has 0 heterocycles. The van der Waals surface area contributed by atoms with E-state index in [1.165, 1.54) is 31.3 Å². The summed E-state index contributed by atoms with van der Waals surface area (Å²) in [5, 5.41) is 11.7. The molecule has 0 fully saturated rings. The Balaban J connectivity index is 2.99. The van der Waals surface area contributed by atoms with Gasteiger partial charge in [-0.25, -0.2) is 13.1 Å². The van der Waals surface area contributed by atoms with E-state index in [9.17, 15) is 18.0 Å². The quantitative estimate of drug-likeness (QED) is 0.689. The summed E-state index contributed by atoms with van der Waals surface area (Å²) in [6, 6.07) is 5.43. The van der Waals surface area contributed by atoms with Crippen molar-refractivity contribution in [1.82, 2.24) is 10.0 Å². The standard InChI is InChI=1S/C15H22N2O5S/c1-10(2)15(3,9-13(18)19)17-14(20)11-5-7-12(8-6-11)23(21,22)16-4/h5-8,10,16H,9H2,1-4H3,(H,17,20)(H,18,19). The number of benzene rings is 1. The molecule has 8 heteroatoms. The van der Waals surface area contributed by atoms with Gasteiger partial charge in [-0.2, -0.15) is 0 Å². The molecule has 0 radical (unpaired) electrons. The minimum atomic E-state index is -3.56. The number of rotatable bonds is 7. The minimum absolute atomic E-state index is 0.0497. The van der Waals surface area contributed by atoms with E-state index < -0.39 is 27.4 Å². The van der Waals surface area contributed by atoms with Gasteiger partial charge in [0, 0.05) is 5.56 Å². The first-order valence-corrected chi connectivity index (χ1v) is 8.58. The maximum absolute atomic E-state index is 12.3. The highest BCUT2D eigenvalue weighted by atomic mass is 32.2. The Hall–Kier alpha value is -1.93. The van der Waals surface area contributed by atoms with E-state index in [4.69, 9.17) is 5.11 Å². The van der Waals surface area contributed by atoms with Crippen molar-refractivity contribution in [2.45, 2.75) is 37.6 Å².